The fourth-order valence-electron chi connectivity index (χ4n) is 1.94. The summed E-state index contributed by atoms with van der Waals surface area (Å²) < 4.78 is 1.82. The predicted molar refractivity (Wildman–Crippen MR) is 75.1 cm³/mol. The van der Waals surface area contributed by atoms with Gasteiger partial charge in [-0.25, -0.2) is 4.68 Å². The van der Waals surface area contributed by atoms with Gasteiger partial charge in [-0.15, -0.1) is 0 Å². The van der Waals surface area contributed by atoms with E-state index in [0.29, 0.717) is 5.56 Å². The Morgan fingerprint density at radius 1 is 1.42 bits per heavy atom. The zero-order valence-corrected chi connectivity index (χ0v) is 11.1. The quantitative estimate of drug-likeness (QED) is 0.805. The van der Waals surface area contributed by atoms with Crippen molar-refractivity contribution in [3.05, 3.63) is 47.8 Å². The molecule has 0 fully saturated rings. The van der Waals surface area contributed by atoms with Gasteiger partial charge in [0.2, 0.25) is 0 Å². The van der Waals surface area contributed by atoms with E-state index in [1.807, 2.05) is 35.3 Å². The van der Waals surface area contributed by atoms with Crippen molar-refractivity contribution in [3.8, 4) is 11.8 Å². The van der Waals surface area contributed by atoms with Crippen LogP contribution >= 0.6 is 0 Å². The largest absolute Gasteiger partial charge is 0.317 e. The molecule has 0 amide bonds. The second kappa shape index (κ2) is 6.72. The Morgan fingerprint density at radius 2 is 2.32 bits per heavy atom. The van der Waals surface area contributed by atoms with Crippen LogP contribution in [0.2, 0.25) is 0 Å². The molecule has 0 aliphatic carbocycles. The van der Waals surface area contributed by atoms with Crippen molar-refractivity contribution in [2.45, 2.75) is 19.8 Å². The average molecular weight is 254 g/mol. The van der Waals surface area contributed by atoms with Crippen LogP contribution in [0.1, 0.15) is 24.5 Å². The van der Waals surface area contributed by atoms with E-state index < -0.39 is 0 Å². The van der Waals surface area contributed by atoms with Gasteiger partial charge < -0.3 is 5.32 Å². The van der Waals surface area contributed by atoms with Crippen molar-refractivity contribution in [1.29, 1.82) is 5.26 Å². The van der Waals surface area contributed by atoms with E-state index in [1.54, 1.807) is 6.07 Å². The Hall–Kier alpha value is -2.12. The third kappa shape index (κ3) is 3.67. The Balaban J connectivity index is 2.02. The van der Waals surface area contributed by atoms with Crippen LogP contribution in [-0.4, -0.2) is 22.9 Å². The minimum Gasteiger partial charge on any atom is -0.317 e. The first kappa shape index (κ1) is 13.3. The molecular formula is C15H18N4. The molecule has 1 aromatic heterocycles. The van der Waals surface area contributed by atoms with Crippen molar-refractivity contribution in [3.63, 3.8) is 0 Å². The minimum atomic E-state index is 0.654. The average Bonchev–Trinajstić information content (AvgIpc) is 2.92. The van der Waals surface area contributed by atoms with Gasteiger partial charge in [-0.3, -0.25) is 0 Å². The first-order chi connectivity index (χ1) is 9.33. The van der Waals surface area contributed by atoms with Gasteiger partial charge in [-0.1, -0.05) is 13.0 Å². The highest BCUT2D eigenvalue weighted by Gasteiger charge is 2.02. The van der Waals surface area contributed by atoms with Crippen molar-refractivity contribution in [2.24, 2.45) is 0 Å². The second-order valence-electron chi connectivity index (χ2n) is 4.41. The molecule has 2 rings (SSSR count). The van der Waals surface area contributed by atoms with Crippen molar-refractivity contribution in [2.75, 3.05) is 13.1 Å². The topological polar surface area (TPSA) is 53.6 Å². The van der Waals surface area contributed by atoms with Gasteiger partial charge in [0.05, 0.1) is 23.5 Å². The van der Waals surface area contributed by atoms with Crippen molar-refractivity contribution in [1.82, 2.24) is 15.1 Å². The Kier molecular flexibility index (Phi) is 4.71. The summed E-state index contributed by atoms with van der Waals surface area (Å²) in [5.74, 6) is 0. The third-order valence-corrected chi connectivity index (χ3v) is 2.94. The number of aromatic nitrogens is 2. The molecule has 1 heterocycles. The van der Waals surface area contributed by atoms with E-state index in [0.717, 1.165) is 31.6 Å². The highest BCUT2D eigenvalue weighted by molar-refractivity contribution is 5.40. The summed E-state index contributed by atoms with van der Waals surface area (Å²) in [6.45, 7) is 4.16. The van der Waals surface area contributed by atoms with Crippen LogP contribution in [0.15, 0.2) is 36.7 Å². The molecule has 4 nitrogen and oxygen atoms in total. The molecule has 2 aromatic rings. The van der Waals surface area contributed by atoms with Crippen LogP contribution < -0.4 is 5.32 Å². The lowest BCUT2D eigenvalue weighted by Gasteiger charge is -2.01. The summed E-state index contributed by atoms with van der Waals surface area (Å²) in [7, 11) is 0. The minimum absolute atomic E-state index is 0.654. The van der Waals surface area contributed by atoms with E-state index >= 15 is 0 Å². The number of nitriles is 1. The highest BCUT2D eigenvalue weighted by atomic mass is 15.3. The molecule has 1 aromatic carbocycles. The Morgan fingerprint density at radius 3 is 3.11 bits per heavy atom. The lowest BCUT2D eigenvalue weighted by atomic mass is 10.2. The highest BCUT2D eigenvalue weighted by Crippen LogP contribution is 2.11. The monoisotopic (exact) mass is 254 g/mol. The van der Waals surface area contributed by atoms with Crippen molar-refractivity contribution < 1.29 is 0 Å². The van der Waals surface area contributed by atoms with Gasteiger partial charge in [0.1, 0.15) is 0 Å². The fourth-order valence-corrected chi connectivity index (χ4v) is 1.94. The third-order valence-electron chi connectivity index (χ3n) is 2.94. The molecule has 0 aliphatic heterocycles. The molecule has 4 heteroatoms. The molecule has 0 radical (unpaired) electrons. The number of hydrogen-bond donors (Lipinski definition) is 1. The number of benzene rings is 1. The molecule has 0 unspecified atom stereocenters. The summed E-state index contributed by atoms with van der Waals surface area (Å²) in [6, 6.07) is 9.61. The maximum atomic E-state index is 8.89. The van der Waals surface area contributed by atoms with Crippen LogP contribution in [0.4, 0.5) is 0 Å². The van der Waals surface area contributed by atoms with Gasteiger partial charge in [0.15, 0.2) is 0 Å². The summed E-state index contributed by atoms with van der Waals surface area (Å²) in [5, 5.41) is 16.6. The van der Waals surface area contributed by atoms with Gasteiger partial charge in [-0.05, 0) is 49.7 Å². The SMILES string of the molecule is CCNCCCc1cnn(-c2cccc(C#N)c2)c1. The zero-order valence-electron chi connectivity index (χ0n) is 11.1. The van der Waals surface area contributed by atoms with Gasteiger partial charge in [0.25, 0.3) is 0 Å². The lowest BCUT2D eigenvalue weighted by molar-refractivity contribution is 0.672. The normalized spacial score (nSPS) is 10.3. The predicted octanol–water partition coefficient (Wildman–Crippen LogP) is 2.29. The maximum absolute atomic E-state index is 8.89. The zero-order chi connectivity index (χ0) is 13.5. The van der Waals surface area contributed by atoms with E-state index in [9.17, 15) is 0 Å². The number of hydrogen-bond acceptors (Lipinski definition) is 3. The van der Waals surface area contributed by atoms with Crippen LogP contribution in [0.25, 0.3) is 5.69 Å². The van der Waals surface area contributed by atoms with E-state index in [1.165, 1.54) is 5.56 Å². The van der Waals surface area contributed by atoms with Gasteiger partial charge in [0, 0.05) is 6.20 Å². The van der Waals surface area contributed by atoms with E-state index in [4.69, 9.17) is 5.26 Å². The number of nitrogens with one attached hydrogen (secondary N) is 1. The molecule has 0 atom stereocenters. The first-order valence-corrected chi connectivity index (χ1v) is 6.58. The molecule has 0 bridgehead atoms. The lowest BCUT2D eigenvalue weighted by Crippen LogP contribution is -2.14. The molecule has 1 N–H and O–H groups in total. The Bertz CT molecular complexity index is 566. The summed E-state index contributed by atoms with van der Waals surface area (Å²) in [4.78, 5) is 0. The van der Waals surface area contributed by atoms with Crippen LogP contribution in [0.5, 0.6) is 0 Å². The van der Waals surface area contributed by atoms with Crippen LogP contribution in [0, 0.1) is 11.3 Å². The molecule has 0 saturated heterocycles. The van der Waals surface area contributed by atoms with Crippen LogP contribution in [0.3, 0.4) is 0 Å². The molecule has 0 spiro atoms. The van der Waals surface area contributed by atoms with Crippen LogP contribution in [-0.2, 0) is 6.42 Å². The fraction of sp³-hybridized carbons (Fsp3) is 0.333. The van der Waals surface area contributed by atoms with Gasteiger partial charge in [-0.2, -0.15) is 10.4 Å². The molecule has 98 valence electrons. The summed E-state index contributed by atoms with van der Waals surface area (Å²) in [6.07, 6.45) is 6.05. The second-order valence-corrected chi connectivity index (χ2v) is 4.41. The van der Waals surface area contributed by atoms with Gasteiger partial charge >= 0.3 is 0 Å². The standard InChI is InChI=1S/C15H18N4/c1-2-17-8-4-6-14-11-18-19(12-14)15-7-3-5-13(9-15)10-16/h3,5,7,9,11-12,17H,2,4,6,8H2,1H3. The molecule has 19 heavy (non-hydrogen) atoms. The summed E-state index contributed by atoms with van der Waals surface area (Å²) in [5.41, 5.74) is 2.80. The Labute approximate surface area is 113 Å². The van der Waals surface area contributed by atoms with E-state index in [2.05, 4.69) is 23.4 Å². The number of rotatable bonds is 6. The number of aryl methyl sites for hydroxylation is 1. The maximum Gasteiger partial charge on any atom is 0.0992 e. The number of nitrogens with zero attached hydrogens (tertiary/aromatic N) is 3. The first-order valence-electron chi connectivity index (χ1n) is 6.58. The molecule has 0 aliphatic rings. The molecular weight excluding hydrogens is 236 g/mol. The van der Waals surface area contributed by atoms with Crippen molar-refractivity contribution >= 4 is 0 Å². The van der Waals surface area contributed by atoms with E-state index in [-0.39, 0.29) is 0 Å². The molecule has 0 saturated carbocycles. The summed E-state index contributed by atoms with van der Waals surface area (Å²) >= 11 is 0. The smallest absolute Gasteiger partial charge is 0.0992 e.